The third-order valence-electron chi connectivity index (χ3n) is 3.37. The van der Waals surface area contributed by atoms with Gasteiger partial charge in [-0.3, -0.25) is 0 Å². The van der Waals surface area contributed by atoms with Crippen LogP contribution in [0.4, 0.5) is 0 Å². The number of sulfone groups is 1. The lowest BCUT2D eigenvalue weighted by molar-refractivity contribution is -0.00486. The van der Waals surface area contributed by atoms with E-state index in [1.165, 1.54) is 0 Å². The second-order valence-electron chi connectivity index (χ2n) is 6.55. The Labute approximate surface area is 135 Å². The van der Waals surface area contributed by atoms with Crippen LogP contribution in [-0.2, 0) is 14.6 Å². The number of ether oxygens (including phenoxy) is 1. The van der Waals surface area contributed by atoms with Crippen molar-refractivity contribution in [2.75, 3.05) is 12.4 Å². The predicted octanol–water partition coefficient (Wildman–Crippen LogP) is 4.25. The first-order valence-corrected chi connectivity index (χ1v) is 9.44. The van der Waals surface area contributed by atoms with E-state index in [-0.39, 0.29) is 17.3 Å². The van der Waals surface area contributed by atoms with Crippen molar-refractivity contribution in [2.45, 2.75) is 50.5 Å². The molecule has 0 bridgehead atoms. The molecule has 0 aliphatic carbocycles. The molecule has 0 aliphatic heterocycles. The summed E-state index contributed by atoms with van der Waals surface area (Å²) in [6, 6.07) is 8.61. The molecule has 3 nitrogen and oxygen atoms in total. The van der Waals surface area contributed by atoms with Gasteiger partial charge in [0.15, 0.2) is 9.84 Å². The number of allylic oxidation sites excluding steroid dienone is 1. The Bertz CT molecular complexity index is 541. The van der Waals surface area contributed by atoms with Gasteiger partial charge in [0.2, 0.25) is 0 Å². The normalized spacial score (nSPS) is 13.8. The molecule has 22 heavy (non-hydrogen) atoms. The molecule has 0 N–H and O–H groups in total. The topological polar surface area (TPSA) is 43.4 Å². The minimum atomic E-state index is -3.24. The zero-order valence-corrected chi connectivity index (χ0v) is 14.7. The minimum absolute atomic E-state index is 0.0140. The highest BCUT2D eigenvalue weighted by Gasteiger charge is 2.19. The van der Waals surface area contributed by atoms with Crippen LogP contribution < -0.4 is 0 Å². The molecule has 1 rings (SSSR count). The molecule has 0 aromatic heterocycles. The first kappa shape index (κ1) is 18.9. The average molecular weight is 324 g/mol. The van der Waals surface area contributed by atoms with Gasteiger partial charge in [-0.1, -0.05) is 30.7 Å². The van der Waals surface area contributed by atoms with Gasteiger partial charge in [0.25, 0.3) is 0 Å². The molecule has 0 saturated carbocycles. The van der Waals surface area contributed by atoms with Gasteiger partial charge in [-0.25, -0.2) is 8.42 Å². The van der Waals surface area contributed by atoms with Crippen molar-refractivity contribution in [3.05, 3.63) is 43.0 Å². The van der Waals surface area contributed by atoms with E-state index in [9.17, 15) is 8.42 Å². The highest BCUT2D eigenvalue weighted by Crippen LogP contribution is 2.19. The summed E-state index contributed by atoms with van der Waals surface area (Å²) in [5, 5.41) is 0. The summed E-state index contributed by atoms with van der Waals surface area (Å²) in [5.74, 6) is 0.112. The van der Waals surface area contributed by atoms with E-state index < -0.39 is 9.84 Å². The quantitative estimate of drug-likeness (QED) is 0.504. The molecule has 1 aromatic rings. The first-order chi connectivity index (χ1) is 10.2. The van der Waals surface area contributed by atoms with E-state index in [1.807, 2.05) is 26.8 Å². The highest BCUT2D eigenvalue weighted by molar-refractivity contribution is 7.91. The molecule has 0 aliphatic rings. The lowest BCUT2D eigenvalue weighted by Crippen LogP contribution is -2.20. The van der Waals surface area contributed by atoms with Crippen LogP contribution in [0.1, 0.15) is 40.0 Å². The Balaban J connectivity index is 2.44. The van der Waals surface area contributed by atoms with E-state index in [0.29, 0.717) is 11.5 Å². The van der Waals surface area contributed by atoms with Crippen LogP contribution in [0.25, 0.3) is 0 Å². The van der Waals surface area contributed by atoms with Crippen LogP contribution in [0.2, 0.25) is 0 Å². The molecular formula is C18H28O3S. The van der Waals surface area contributed by atoms with Gasteiger partial charge < -0.3 is 4.74 Å². The summed E-state index contributed by atoms with van der Waals surface area (Å²) in [7, 11) is -3.24. The lowest BCUT2D eigenvalue weighted by Gasteiger charge is -2.19. The molecule has 0 spiro atoms. The van der Waals surface area contributed by atoms with E-state index in [4.69, 9.17) is 4.74 Å². The van der Waals surface area contributed by atoms with Gasteiger partial charge in [-0.05, 0) is 51.7 Å². The van der Waals surface area contributed by atoms with Crippen molar-refractivity contribution in [1.82, 2.24) is 0 Å². The van der Waals surface area contributed by atoms with E-state index in [0.717, 1.165) is 19.3 Å². The number of benzene rings is 1. The SMILES string of the molecule is C=C[C@@H](CCCCOC(C)(C)C)CS(=O)(=O)c1ccccc1. The molecule has 4 heteroatoms. The zero-order valence-electron chi connectivity index (χ0n) is 13.9. The average Bonchev–Trinajstić information content (AvgIpc) is 2.45. The van der Waals surface area contributed by atoms with Crippen molar-refractivity contribution in [3.8, 4) is 0 Å². The molecular weight excluding hydrogens is 296 g/mol. The van der Waals surface area contributed by atoms with Crippen molar-refractivity contribution in [2.24, 2.45) is 5.92 Å². The largest absolute Gasteiger partial charge is 0.376 e. The summed E-state index contributed by atoms with van der Waals surface area (Å²) in [6.45, 7) is 10.6. The van der Waals surface area contributed by atoms with Crippen molar-refractivity contribution in [1.29, 1.82) is 0 Å². The Kier molecular flexibility index (Phi) is 7.30. The van der Waals surface area contributed by atoms with Crippen molar-refractivity contribution >= 4 is 9.84 Å². The molecule has 0 saturated heterocycles. The maximum atomic E-state index is 12.3. The standard InChI is InChI=1S/C18H28O3S/c1-5-16(11-9-10-14-21-18(2,3)4)15-22(19,20)17-12-7-6-8-13-17/h5-8,12-13,16H,1,9-11,14-15H2,2-4H3/t16-/m0/s1. The van der Waals surface area contributed by atoms with Crippen LogP contribution in [0, 0.1) is 5.92 Å². The van der Waals surface area contributed by atoms with Gasteiger partial charge in [-0.15, -0.1) is 6.58 Å². The van der Waals surface area contributed by atoms with E-state index in [1.54, 1.807) is 30.3 Å². The monoisotopic (exact) mass is 324 g/mol. The smallest absolute Gasteiger partial charge is 0.178 e. The zero-order chi connectivity index (χ0) is 16.6. The fourth-order valence-electron chi connectivity index (χ4n) is 2.16. The third kappa shape index (κ3) is 7.23. The second kappa shape index (κ2) is 8.49. The van der Waals surface area contributed by atoms with Crippen molar-refractivity contribution < 1.29 is 13.2 Å². The molecule has 1 aromatic carbocycles. The molecule has 1 atom stereocenters. The molecule has 124 valence electrons. The van der Waals surface area contributed by atoms with Gasteiger partial charge >= 0.3 is 0 Å². The predicted molar refractivity (Wildman–Crippen MR) is 91.7 cm³/mol. The van der Waals surface area contributed by atoms with Crippen LogP contribution in [-0.4, -0.2) is 26.4 Å². The summed E-state index contributed by atoms with van der Waals surface area (Å²) in [5.41, 5.74) is -0.117. The maximum absolute atomic E-state index is 12.3. The molecule has 0 unspecified atom stereocenters. The number of hydrogen-bond donors (Lipinski definition) is 0. The summed E-state index contributed by atoms with van der Waals surface area (Å²) < 4.78 is 30.4. The lowest BCUT2D eigenvalue weighted by atomic mass is 10.0. The van der Waals surface area contributed by atoms with Gasteiger partial charge in [-0.2, -0.15) is 0 Å². The summed E-state index contributed by atoms with van der Waals surface area (Å²) in [4.78, 5) is 0.387. The molecule has 0 heterocycles. The van der Waals surface area contributed by atoms with Crippen molar-refractivity contribution in [3.63, 3.8) is 0 Å². The Hall–Kier alpha value is -1.13. The van der Waals surface area contributed by atoms with Gasteiger partial charge in [0, 0.05) is 6.61 Å². The number of hydrogen-bond acceptors (Lipinski definition) is 3. The molecule has 0 radical (unpaired) electrons. The maximum Gasteiger partial charge on any atom is 0.178 e. The minimum Gasteiger partial charge on any atom is -0.376 e. The first-order valence-electron chi connectivity index (χ1n) is 7.79. The Morgan fingerprint density at radius 1 is 1.18 bits per heavy atom. The fraction of sp³-hybridized carbons (Fsp3) is 0.556. The number of rotatable bonds is 9. The summed E-state index contributed by atoms with van der Waals surface area (Å²) >= 11 is 0. The van der Waals surface area contributed by atoms with Crippen LogP contribution in [0.15, 0.2) is 47.9 Å². The Morgan fingerprint density at radius 2 is 1.82 bits per heavy atom. The third-order valence-corrected chi connectivity index (χ3v) is 5.23. The van der Waals surface area contributed by atoms with Gasteiger partial charge in [0.05, 0.1) is 16.2 Å². The Morgan fingerprint density at radius 3 is 2.36 bits per heavy atom. The highest BCUT2D eigenvalue weighted by atomic mass is 32.2. The van der Waals surface area contributed by atoms with E-state index >= 15 is 0 Å². The van der Waals surface area contributed by atoms with Crippen LogP contribution in [0.5, 0.6) is 0 Å². The molecule has 0 amide bonds. The fourth-order valence-corrected chi connectivity index (χ4v) is 3.79. The number of unbranched alkanes of at least 4 members (excludes halogenated alkanes) is 1. The second-order valence-corrected chi connectivity index (χ2v) is 8.58. The van der Waals surface area contributed by atoms with Crippen LogP contribution >= 0.6 is 0 Å². The van der Waals surface area contributed by atoms with Crippen LogP contribution in [0.3, 0.4) is 0 Å². The summed E-state index contributed by atoms with van der Waals surface area (Å²) in [6.07, 6.45) is 4.46. The van der Waals surface area contributed by atoms with E-state index in [2.05, 4.69) is 6.58 Å². The van der Waals surface area contributed by atoms with Gasteiger partial charge in [0.1, 0.15) is 0 Å². The molecule has 0 fully saturated rings.